The normalized spacial score (nSPS) is 46.0. The second kappa shape index (κ2) is 4.43. The molecule has 0 saturated carbocycles. The van der Waals surface area contributed by atoms with Crippen LogP contribution in [0.5, 0.6) is 0 Å². The standard InChI is InChI=1S/C16H22N3O3/c1-15-7-17-9-16(2,14(15)20)10-18(8-15)13(17)11-4-3-5-12(6-11)19(21)22/h3-6,13-14,20-21H,7-10H2,1-2H3/q-1. The summed E-state index contributed by atoms with van der Waals surface area (Å²) in [6, 6.07) is 7.16. The third kappa shape index (κ3) is 1.85. The minimum atomic E-state index is -0.269. The molecule has 1 aromatic rings. The monoisotopic (exact) mass is 304 g/mol. The molecule has 120 valence electrons. The molecule has 0 aromatic heterocycles. The molecule has 0 radical (unpaired) electrons. The van der Waals surface area contributed by atoms with E-state index in [2.05, 4.69) is 23.6 Å². The van der Waals surface area contributed by atoms with E-state index < -0.39 is 0 Å². The van der Waals surface area contributed by atoms with E-state index in [1.165, 1.54) is 0 Å². The zero-order valence-electron chi connectivity index (χ0n) is 12.9. The highest BCUT2D eigenvalue weighted by atomic mass is 16.8. The summed E-state index contributed by atoms with van der Waals surface area (Å²) >= 11 is 0. The first kappa shape index (κ1) is 14.4. The molecule has 5 rings (SSSR count). The third-order valence-corrected chi connectivity index (χ3v) is 5.66. The molecule has 6 nitrogen and oxygen atoms in total. The van der Waals surface area contributed by atoms with Crippen molar-refractivity contribution in [1.29, 1.82) is 0 Å². The molecule has 0 aliphatic carbocycles. The maximum absolute atomic E-state index is 11.1. The summed E-state index contributed by atoms with van der Waals surface area (Å²) in [4.78, 5) is 4.79. The summed E-state index contributed by atoms with van der Waals surface area (Å²) < 4.78 is 0. The van der Waals surface area contributed by atoms with Gasteiger partial charge in [-0.25, -0.2) is 0 Å². The SMILES string of the molecule is CC12CN3CC(C)(CN(C1)C3c1cccc(N([O-])O)c1)C2O. The fourth-order valence-corrected chi connectivity index (χ4v) is 5.06. The Morgan fingerprint density at radius 1 is 1.14 bits per heavy atom. The Bertz CT molecular complexity index is 568. The van der Waals surface area contributed by atoms with Gasteiger partial charge in [-0.05, 0) is 17.7 Å². The molecule has 2 N–H and O–H groups in total. The molecule has 0 atom stereocenters. The van der Waals surface area contributed by atoms with Crippen molar-refractivity contribution in [2.75, 3.05) is 31.4 Å². The van der Waals surface area contributed by atoms with Crippen LogP contribution in [0.4, 0.5) is 5.69 Å². The second-order valence-electron chi connectivity index (χ2n) is 7.76. The first-order chi connectivity index (χ1) is 10.3. The van der Waals surface area contributed by atoms with Gasteiger partial charge in [-0.15, -0.1) is 0 Å². The number of benzene rings is 1. The lowest BCUT2D eigenvalue weighted by atomic mass is 9.60. The predicted molar refractivity (Wildman–Crippen MR) is 82.2 cm³/mol. The van der Waals surface area contributed by atoms with Gasteiger partial charge in [-0.2, -0.15) is 0 Å². The zero-order chi connectivity index (χ0) is 15.7. The molecule has 22 heavy (non-hydrogen) atoms. The summed E-state index contributed by atoms with van der Waals surface area (Å²) in [6.45, 7) is 7.75. The first-order valence-corrected chi connectivity index (χ1v) is 7.75. The van der Waals surface area contributed by atoms with E-state index >= 15 is 0 Å². The van der Waals surface area contributed by atoms with Gasteiger partial charge in [0.2, 0.25) is 0 Å². The van der Waals surface area contributed by atoms with Gasteiger partial charge in [0.15, 0.2) is 0 Å². The van der Waals surface area contributed by atoms with Crippen LogP contribution in [0.3, 0.4) is 0 Å². The lowest BCUT2D eigenvalue weighted by Crippen LogP contribution is -2.76. The average molecular weight is 304 g/mol. The molecular weight excluding hydrogens is 282 g/mol. The number of rotatable bonds is 2. The molecule has 0 amide bonds. The van der Waals surface area contributed by atoms with Gasteiger partial charge in [-0.1, -0.05) is 26.0 Å². The minimum Gasteiger partial charge on any atom is -0.733 e. The largest absolute Gasteiger partial charge is 0.733 e. The number of aliphatic hydroxyl groups is 1. The van der Waals surface area contributed by atoms with Crippen LogP contribution in [0.2, 0.25) is 0 Å². The second-order valence-corrected chi connectivity index (χ2v) is 7.76. The molecule has 4 aliphatic heterocycles. The molecule has 1 aromatic carbocycles. The summed E-state index contributed by atoms with van der Waals surface area (Å²) in [5.41, 5.74) is 1.08. The van der Waals surface area contributed by atoms with Gasteiger partial charge < -0.3 is 15.5 Å². The van der Waals surface area contributed by atoms with Crippen LogP contribution in [0.25, 0.3) is 0 Å². The van der Waals surface area contributed by atoms with Crippen molar-refractivity contribution >= 4 is 5.69 Å². The number of aliphatic hydroxyl groups excluding tert-OH is 1. The van der Waals surface area contributed by atoms with Crippen molar-refractivity contribution in [2.24, 2.45) is 10.8 Å². The average Bonchev–Trinajstić information content (AvgIpc) is 2.43. The van der Waals surface area contributed by atoms with Gasteiger partial charge in [0, 0.05) is 37.0 Å². The molecule has 4 saturated heterocycles. The maximum atomic E-state index is 11.1. The molecule has 4 heterocycles. The Hall–Kier alpha value is -1.18. The fraction of sp³-hybridized carbons (Fsp3) is 0.625. The van der Waals surface area contributed by atoms with Crippen LogP contribution < -0.4 is 5.23 Å². The van der Waals surface area contributed by atoms with Crippen molar-refractivity contribution < 1.29 is 10.3 Å². The molecule has 6 heteroatoms. The smallest absolute Gasteiger partial charge is 0.0887 e. The van der Waals surface area contributed by atoms with Crippen molar-refractivity contribution in [3.63, 3.8) is 0 Å². The Labute approximate surface area is 130 Å². The zero-order valence-corrected chi connectivity index (χ0v) is 12.9. The van der Waals surface area contributed by atoms with E-state index in [4.69, 9.17) is 5.21 Å². The van der Waals surface area contributed by atoms with Crippen LogP contribution in [-0.2, 0) is 0 Å². The van der Waals surface area contributed by atoms with Crippen LogP contribution in [0.15, 0.2) is 24.3 Å². The van der Waals surface area contributed by atoms with Gasteiger partial charge in [-0.3, -0.25) is 15.0 Å². The fourth-order valence-electron chi connectivity index (χ4n) is 5.06. The molecular formula is C16H22N3O3-. The van der Waals surface area contributed by atoms with Gasteiger partial charge in [0.25, 0.3) is 0 Å². The number of piperidine rings is 2. The summed E-state index contributed by atoms with van der Waals surface area (Å²) in [5, 5.41) is 30.9. The van der Waals surface area contributed by atoms with Gasteiger partial charge in [0.05, 0.1) is 18.0 Å². The van der Waals surface area contributed by atoms with Crippen LogP contribution in [0, 0.1) is 16.0 Å². The Kier molecular flexibility index (Phi) is 2.90. The molecule has 4 bridgehead atoms. The Morgan fingerprint density at radius 2 is 1.68 bits per heavy atom. The van der Waals surface area contributed by atoms with Crippen LogP contribution in [0.1, 0.15) is 25.6 Å². The highest BCUT2D eigenvalue weighted by molar-refractivity contribution is 5.47. The summed E-state index contributed by atoms with van der Waals surface area (Å²) in [7, 11) is 0. The molecule has 0 unspecified atom stereocenters. The number of nitrogens with zero attached hydrogens (tertiary/aromatic N) is 3. The van der Waals surface area contributed by atoms with E-state index in [1.807, 2.05) is 6.07 Å². The topological polar surface area (TPSA) is 73.2 Å². The van der Waals surface area contributed by atoms with E-state index in [0.717, 1.165) is 31.7 Å². The maximum Gasteiger partial charge on any atom is 0.0887 e. The Balaban J connectivity index is 1.71. The van der Waals surface area contributed by atoms with Crippen molar-refractivity contribution in [3.05, 3.63) is 35.0 Å². The van der Waals surface area contributed by atoms with Crippen molar-refractivity contribution in [2.45, 2.75) is 26.1 Å². The first-order valence-electron chi connectivity index (χ1n) is 7.75. The summed E-state index contributed by atoms with van der Waals surface area (Å²) in [5.74, 6) is 0. The quantitative estimate of drug-likeness (QED) is 0.805. The molecule has 0 spiro atoms. The van der Waals surface area contributed by atoms with Crippen molar-refractivity contribution in [1.82, 2.24) is 9.80 Å². The van der Waals surface area contributed by atoms with E-state index in [9.17, 15) is 10.3 Å². The van der Waals surface area contributed by atoms with E-state index in [1.54, 1.807) is 18.2 Å². The van der Waals surface area contributed by atoms with Crippen molar-refractivity contribution in [3.8, 4) is 0 Å². The minimum absolute atomic E-state index is 0.0867. The third-order valence-electron chi connectivity index (χ3n) is 5.66. The lowest BCUT2D eigenvalue weighted by molar-refractivity contribution is -0.253. The molecule has 4 aliphatic rings. The van der Waals surface area contributed by atoms with Gasteiger partial charge in [0.1, 0.15) is 0 Å². The van der Waals surface area contributed by atoms with Crippen LogP contribution in [-0.4, -0.2) is 52.4 Å². The Morgan fingerprint density at radius 3 is 2.18 bits per heavy atom. The highest BCUT2D eigenvalue weighted by Crippen LogP contribution is 2.54. The van der Waals surface area contributed by atoms with E-state index in [-0.39, 0.29) is 34.0 Å². The van der Waals surface area contributed by atoms with Gasteiger partial charge >= 0.3 is 0 Å². The number of anilines is 1. The predicted octanol–water partition coefficient (Wildman–Crippen LogP) is 1.40. The van der Waals surface area contributed by atoms with E-state index in [0.29, 0.717) is 0 Å². The summed E-state index contributed by atoms with van der Waals surface area (Å²) in [6.07, 6.45) is -0.150. The number of hydrogen-bond donors (Lipinski definition) is 2. The number of hydrogen-bond acceptors (Lipinski definition) is 6. The highest BCUT2D eigenvalue weighted by Gasteiger charge is 2.61. The molecule has 4 fully saturated rings. The van der Waals surface area contributed by atoms with Crippen LogP contribution >= 0.6 is 0 Å². The lowest BCUT2D eigenvalue weighted by Gasteiger charge is -2.68.